The van der Waals surface area contributed by atoms with E-state index in [9.17, 15) is 0 Å². The average molecular weight is 685 g/mol. The van der Waals surface area contributed by atoms with Gasteiger partial charge in [-0.25, -0.2) is 0 Å². The van der Waals surface area contributed by atoms with E-state index in [0.717, 1.165) is 11.4 Å². The van der Waals surface area contributed by atoms with Crippen molar-refractivity contribution in [3.8, 4) is 44.8 Å². The smallest absolute Gasteiger partial charge is 0.0553 e. The molecule has 0 saturated carbocycles. The summed E-state index contributed by atoms with van der Waals surface area (Å²) in [7, 11) is 0. The standard InChI is InChI=1S/C52H32N2/c1-3-9-33(10-4-1)35-21-25-43(26-22-35)53-45-15-7-13-37-17-19-39-29-41(31-47(53)51(39)49(37)45)42-30-40-20-18-38-14-8-16-46-50(38)52(40)48(32-42)54(46)44-27-23-36(24-28-44)34-11-5-2-6-12-34/h1-32H. The van der Waals surface area contributed by atoms with Gasteiger partial charge >= 0.3 is 0 Å². The molecule has 0 spiro atoms. The maximum absolute atomic E-state index is 2.46. The third-order valence-corrected chi connectivity index (χ3v) is 11.6. The number of benzene rings is 10. The van der Waals surface area contributed by atoms with Crippen LogP contribution in [0.4, 0.5) is 0 Å². The summed E-state index contributed by atoms with van der Waals surface area (Å²) in [5, 5.41) is 10.3. The van der Waals surface area contributed by atoms with E-state index in [2.05, 4.69) is 203 Å². The van der Waals surface area contributed by atoms with Gasteiger partial charge in [-0.05, 0) is 116 Å². The average Bonchev–Trinajstić information content (AvgIpc) is 3.77. The first-order chi connectivity index (χ1) is 26.8. The third kappa shape index (κ3) is 4.22. The number of aromatic nitrogens is 2. The first-order valence-corrected chi connectivity index (χ1v) is 18.7. The lowest BCUT2D eigenvalue weighted by molar-refractivity contribution is 1.18. The molecule has 0 fully saturated rings. The van der Waals surface area contributed by atoms with Crippen molar-refractivity contribution in [1.29, 1.82) is 0 Å². The third-order valence-electron chi connectivity index (χ3n) is 11.6. The molecule has 2 nitrogen and oxygen atoms in total. The minimum Gasteiger partial charge on any atom is -0.309 e. The molecule has 0 aliphatic carbocycles. The Morgan fingerprint density at radius 3 is 1.02 bits per heavy atom. The molecule has 54 heavy (non-hydrogen) atoms. The second kappa shape index (κ2) is 11.2. The Labute approximate surface area is 312 Å². The second-order valence-corrected chi connectivity index (χ2v) is 14.6. The van der Waals surface area contributed by atoms with Gasteiger partial charge in [0.1, 0.15) is 0 Å². The van der Waals surface area contributed by atoms with Gasteiger partial charge in [0.15, 0.2) is 0 Å². The van der Waals surface area contributed by atoms with Gasteiger partial charge in [0.2, 0.25) is 0 Å². The van der Waals surface area contributed by atoms with Gasteiger partial charge in [-0.3, -0.25) is 0 Å². The first-order valence-electron chi connectivity index (χ1n) is 18.7. The molecule has 12 rings (SSSR count). The van der Waals surface area contributed by atoms with Crippen molar-refractivity contribution in [2.24, 2.45) is 0 Å². The van der Waals surface area contributed by atoms with E-state index in [1.807, 2.05) is 0 Å². The number of rotatable bonds is 5. The van der Waals surface area contributed by atoms with Crippen LogP contribution in [0.2, 0.25) is 0 Å². The fourth-order valence-electron chi connectivity index (χ4n) is 9.14. The molecule has 0 saturated heterocycles. The summed E-state index contributed by atoms with van der Waals surface area (Å²) in [5.74, 6) is 0. The van der Waals surface area contributed by atoms with Crippen LogP contribution in [-0.2, 0) is 0 Å². The lowest BCUT2D eigenvalue weighted by Gasteiger charge is -2.13. The minimum atomic E-state index is 1.16. The molecule has 0 aliphatic heterocycles. The minimum absolute atomic E-state index is 1.16. The molecule has 250 valence electrons. The van der Waals surface area contributed by atoms with Crippen LogP contribution < -0.4 is 0 Å². The highest BCUT2D eigenvalue weighted by molar-refractivity contribution is 6.27. The molecule has 0 atom stereocenters. The Hall–Kier alpha value is -7.16. The Morgan fingerprint density at radius 2 is 0.593 bits per heavy atom. The van der Waals surface area contributed by atoms with Crippen LogP contribution in [0.15, 0.2) is 194 Å². The Morgan fingerprint density at radius 1 is 0.222 bits per heavy atom. The molecule has 0 N–H and O–H groups in total. The van der Waals surface area contributed by atoms with Crippen molar-refractivity contribution >= 4 is 65.2 Å². The van der Waals surface area contributed by atoms with Crippen LogP contribution in [0.3, 0.4) is 0 Å². The van der Waals surface area contributed by atoms with E-state index in [1.165, 1.54) is 98.5 Å². The maximum Gasteiger partial charge on any atom is 0.0553 e. The fourth-order valence-corrected chi connectivity index (χ4v) is 9.14. The zero-order chi connectivity index (χ0) is 35.3. The van der Waals surface area contributed by atoms with E-state index in [1.54, 1.807) is 0 Å². The highest BCUT2D eigenvalue weighted by Crippen LogP contribution is 2.44. The maximum atomic E-state index is 2.46. The molecule has 10 aromatic carbocycles. The lowest BCUT2D eigenvalue weighted by atomic mass is 9.94. The molecule has 12 aromatic rings. The number of nitrogens with zero attached hydrogens (tertiary/aromatic N) is 2. The van der Waals surface area contributed by atoms with Crippen LogP contribution in [0.25, 0.3) is 110 Å². The van der Waals surface area contributed by atoms with E-state index in [0.29, 0.717) is 0 Å². The van der Waals surface area contributed by atoms with Crippen LogP contribution in [0, 0.1) is 0 Å². The van der Waals surface area contributed by atoms with E-state index >= 15 is 0 Å². The van der Waals surface area contributed by atoms with Gasteiger partial charge in [-0.15, -0.1) is 0 Å². The molecular weight excluding hydrogens is 653 g/mol. The Kier molecular flexibility index (Phi) is 6.09. The summed E-state index contributed by atoms with van der Waals surface area (Å²) >= 11 is 0. The van der Waals surface area contributed by atoms with Crippen molar-refractivity contribution in [3.63, 3.8) is 0 Å². The predicted octanol–water partition coefficient (Wildman–Crippen LogP) is 14.1. The van der Waals surface area contributed by atoms with Crippen molar-refractivity contribution in [2.45, 2.75) is 0 Å². The number of hydrogen-bond acceptors (Lipinski definition) is 0. The molecule has 2 heteroatoms. The van der Waals surface area contributed by atoms with Crippen molar-refractivity contribution < 1.29 is 0 Å². The van der Waals surface area contributed by atoms with Gasteiger partial charge in [-0.1, -0.05) is 133 Å². The normalized spacial score (nSPS) is 12.1. The molecule has 0 amide bonds. The van der Waals surface area contributed by atoms with Crippen molar-refractivity contribution in [2.75, 3.05) is 0 Å². The summed E-state index contributed by atoms with van der Waals surface area (Å²) in [6.45, 7) is 0. The molecule has 0 radical (unpaired) electrons. The fraction of sp³-hybridized carbons (Fsp3) is 0. The largest absolute Gasteiger partial charge is 0.309 e. The van der Waals surface area contributed by atoms with Crippen molar-refractivity contribution in [1.82, 2.24) is 9.13 Å². The Bertz CT molecular complexity index is 3100. The molecule has 2 heterocycles. The zero-order valence-electron chi connectivity index (χ0n) is 29.4. The zero-order valence-corrected chi connectivity index (χ0v) is 29.4. The van der Waals surface area contributed by atoms with Gasteiger partial charge in [0, 0.05) is 32.9 Å². The molecular formula is C52H32N2. The number of hydrogen-bond donors (Lipinski definition) is 0. The summed E-state index contributed by atoms with van der Waals surface area (Å²) in [6.07, 6.45) is 0. The SMILES string of the molecule is c1ccc(-c2ccc(-n3c4cccc5ccc6cc(-c7cc8ccc9cccc%10c9c8c(c7)n%10-c7ccc(-c8ccccc8)cc7)cc3c6c54)cc2)cc1. The topological polar surface area (TPSA) is 9.86 Å². The van der Waals surface area contributed by atoms with E-state index in [-0.39, 0.29) is 0 Å². The van der Waals surface area contributed by atoms with Crippen LogP contribution in [0.5, 0.6) is 0 Å². The van der Waals surface area contributed by atoms with E-state index in [4.69, 9.17) is 0 Å². The highest BCUT2D eigenvalue weighted by Gasteiger charge is 2.21. The second-order valence-electron chi connectivity index (χ2n) is 14.6. The van der Waals surface area contributed by atoms with Crippen LogP contribution >= 0.6 is 0 Å². The molecule has 2 aromatic heterocycles. The van der Waals surface area contributed by atoms with Gasteiger partial charge in [-0.2, -0.15) is 0 Å². The van der Waals surface area contributed by atoms with Gasteiger partial charge < -0.3 is 9.13 Å². The summed E-state index contributed by atoms with van der Waals surface area (Å²) in [4.78, 5) is 0. The summed E-state index contributed by atoms with van der Waals surface area (Å²) in [6, 6.07) is 71.5. The predicted molar refractivity (Wildman–Crippen MR) is 229 cm³/mol. The first kappa shape index (κ1) is 29.4. The monoisotopic (exact) mass is 684 g/mol. The lowest BCUT2D eigenvalue weighted by Crippen LogP contribution is -1.95. The Balaban J connectivity index is 1.09. The summed E-state index contributed by atoms with van der Waals surface area (Å²) in [5.41, 5.74) is 14.6. The molecule has 0 bridgehead atoms. The van der Waals surface area contributed by atoms with Crippen LogP contribution in [-0.4, -0.2) is 9.13 Å². The summed E-state index contributed by atoms with van der Waals surface area (Å²) < 4.78 is 4.92. The molecule has 0 aliphatic rings. The van der Waals surface area contributed by atoms with Gasteiger partial charge in [0.25, 0.3) is 0 Å². The van der Waals surface area contributed by atoms with Crippen molar-refractivity contribution in [3.05, 3.63) is 194 Å². The quantitative estimate of drug-likeness (QED) is 0.160. The van der Waals surface area contributed by atoms with Crippen LogP contribution in [0.1, 0.15) is 0 Å². The highest BCUT2D eigenvalue weighted by atomic mass is 15.0. The van der Waals surface area contributed by atoms with E-state index < -0.39 is 0 Å². The molecule has 0 unspecified atom stereocenters. The van der Waals surface area contributed by atoms with Gasteiger partial charge in [0.05, 0.1) is 22.1 Å².